The van der Waals surface area contributed by atoms with E-state index in [4.69, 9.17) is 4.42 Å². The van der Waals surface area contributed by atoms with E-state index in [1.165, 1.54) is 30.5 Å². The topological polar surface area (TPSA) is 71.3 Å². The number of amides is 2. The molecule has 2 heterocycles. The van der Waals surface area contributed by atoms with Crippen LogP contribution < -0.4 is 10.6 Å². The number of rotatable bonds is 4. The number of thiophene rings is 1. The van der Waals surface area contributed by atoms with Gasteiger partial charge in [0.05, 0.1) is 26.2 Å². The molecule has 0 aliphatic rings. The molecule has 3 aromatic rings. The van der Waals surface area contributed by atoms with Gasteiger partial charge in [-0.05, 0) is 58.4 Å². The molecule has 3 rings (SSSR count). The summed E-state index contributed by atoms with van der Waals surface area (Å²) in [5.41, 5.74) is -1.57. The Bertz CT molecular complexity index is 984. The first-order chi connectivity index (χ1) is 12.7. The van der Waals surface area contributed by atoms with Crippen LogP contribution in [0, 0.1) is 0 Å². The first-order valence-electron chi connectivity index (χ1n) is 7.37. The van der Waals surface area contributed by atoms with Gasteiger partial charge in [0, 0.05) is 5.69 Å². The van der Waals surface area contributed by atoms with E-state index < -0.39 is 29.2 Å². The quantitative estimate of drug-likeness (QED) is 0.532. The molecule has 0 spiro atoms. The Morgan fingerprint density at radius 2 is 1.81 bits per heavy atom. The summed E-state index contributed by atoms with van der Waals surface area (Å²) < 4.78 is 45.8. The molecule has 0 radical (unpaired) electrons. The summed E-state index contributed by atoms with van der Waals surface area (Å²) in [6.45, 7) is 0. The number of anilines is 2. The van der Waals surface area contributed by atoms with Crippen molar-refractivity contribution in [3.63, 3.8) is 0 Å². The molecule has 0 saturated heterocycles. The van der Waals surface area contributed by atoms with Crippen molar-refractivity contribution in [1.29, 1.82) is 0 Å². The van der Waals surface area contributed by atoms with Crippen molar-refractivity contribution >= 4 is 50.5 Å². The van der Waals surface area contributed by atoms with E-state index in [0.29, 0.717) is 3.79 Å². The fourth-order valence-electron chi connectivity index (χ4n) is 2.19. The summed E-state index contributed by atoms with van der Waals surface area (Å²) in [7, 11) is 0. The minimum Gasteiger partial charge on any atom is -0.459 e. The van der Waals surface area contributed by atoms with Gasteiger partial charge < -0.3 is 15.1 Å². The average Bonchev–Trinajstić information content (AvgIpc) is 3.26. The molecule has 1 aromatic carbocycles. The first kappa shape index (κ1) is 19.2. The number of alkyl halides is 3. The molecule has 0 bridgehead atoms. The zero-order chi connectivity index (χ0) is 19.6. The van der Waals surface area contributed by atoms with Gasteiger partial charge in [-0.3, -0.25) is 9.59 Å². The van der Waals surface area contributed by atoms with Crippen molar-refractivity contribution < 1.29 is 27.2 Å². The summed E-state index contributed by atoms with van der Waals surface area (Å²) in [6.07, 6.45) is -3.46. The van der Waals surface area contributed by atoms with Crippen molar-refractivity contribution in [1.82, 2.24) is 0 Å². The number of halogens is 4. The summed E-state index contributed by atoms with van der Waals surface area (Å²) in [6, 6.07) is 9.08. The van der Waals surface area contributed by atoms with Gasteiger partial charge in [0.1, 0.15) is 0 Å². The third-order valence-corrected chi connectivity index (χ3v) is 5.00. The number of carbonyl (C=O) groups excluding carboxylic acids is 2. The zero-order valence-electron chi connectivity index (χ0n) is 13.3. The van der Waals surface area contributed by atoms with Gasteiger partial charge in [0.25, 0.3) is 11.8 Å². The SMILES string of the molecule is O=C(Nc1ccc(NC(=O)c2ccc(Br)s2)c(C(F)(F)F)c1)c1ccco1. The molecule has 27 heavy (non-hydrogen) atoms. The van der Waals surface area contributed by atoms with Crippen LogP contribution in [-0.2, 0) is 6.18 Å². The predicted octanol–water partition coefficient (Wildman–Crippen LogP) is 5.63. The fourth-order valence-corrected chi connectivity index (χ4v) is 3.47. The molecule has 5 nitrogen and oxygen atoms in total. The third kappa shape index (κ3) is 4.58. The Balaban J connectivity index is 1.86. The lowest BCUT2D eigenvalue weighted by molar-refractivity contribution is -0.136. The Hall–Kier alpha value is -2.59. The maximum atomic E-state index is 13.4. The minimum atomic E-state index is -4.73. The van der Waals surface area contributed by atoms with Crippen LogP contribution in [0.5, 0.6) is 0 Å². The highest BCUT2D eigenvalue weighted by Crippen LogP contribution is 2.37. The van der Waals surface area contributed by atoms with E-state index in [1.807, 2.05) is 0 Å². The smallest absolute Gasteiger partial charge is 0.418 e. The lowest BCUT2D eigenvalue weighted by atomic mass is 10.1. The molecular weight excluding hydrogens is 449 g/mol. The Labute approximate surface area is 163 Å². The Kier molecular flexibility index (Phi) is 5.38. The van der Waals surface area contributed by atoms with E-state index in [0.717, 1.165) is 23.5 Å². The standard InChI is InChI=1S/C17H10BrF3N2O3S/c18-14-6-5-13(27-14)16(25)23-11-4-3-9(8-10(11)17(19,20)21)22-15(24)12-2-1-7-26-12/h1-8H,(H,22,24)(H,23,25). The lowest BCUT2D eigenvalue weighted by Gasteiger charge is -2.15. The number of nitrogens with one attached hydrogen (secondary N) is 2. The Morgan fingerprint density at radius 3 is 2.41 bits per heavy atom. The highest BCUT2D eigenvalue weighted by Gasteiger charge is 2.34. The fraction of sp³-hybridized carbons (Fsp3) is 0.0588. The van der Waals surface area contributed by atoms with Gasteiger partial charge in [0.2, 0.25) is 0 Å². The second-order valence-electron chi connectivity index (χ2n) is 5.25. The average molecular weight is 459 g/mol. The highest BCUT2D eigenvalue weighted by atomic mass is 79.9. The molecule has 0 aliphatic heterocycles. The van der Waals surface area contributed by atoms with Gasteiger partial charge in [-0.25, -0.2) is 0 Å². The minimum absolute atomic E-state index is 0.0378. The van der Waals surface area contributed by atoms with Crippen LogP contribution in [0.25, 0.3) is 0 Å². The molecule has 0 unspecified atom stereocenters. The van der Waals surface area contributed by atoms with E-state index in [1.54, 1.807) is 6.07 Å². The van der Waals surface area contributed by atoms with E-state index in [2.05, 4.69) is 26.6 Å². The van der Waals surface area contributed by atoms with Crippen molar-refractivity contribution in [3.05, 3.63) is 68.7 Å². The molecule has 0 fully saturated rings. The highest BCUT2D eigenvalue weighted by molar-refractivity contribution is 9.11. The maximum Gasteiger partial charge on any atom is 0.418 e. The van der Waals surface area contributed by atoms with E-state index in [-0.39, 0.29) is 16.3 Å². The number of hydrogen-bond acceptors (Lipinski definition) is 4. The van der Waals surface area contributed by atoms with Crippen LogP contribution in [0.15, 0.2) is 56.9 Å². The van der Waals surface area contributed by atoms with Gasteiger partial charge >= 0.3 is 6.18 Å². The summed E-state index contributed by atoms with van der Waals surface area (Å²) in [5.74, 6) is -1.39. The number of carbonyl (C=O) groups is 2. The van der Waals surface area contributed by atoms with Crippen LogP contribution in [0.2, 0.25) is 0 Å². The van der Waals surface area contributed by atoms with Gasteiger partial charge in [-0.2, -0.15) is 13.2 Å². The Morgan fingerprint density at radius 1 is 1.04 bits per heavy atom. The largest absolute Gasteiger partial charge is 0.459 e. The van der Waals surface area contributed by atoms with Crippen molar-refractivity contribution in [3.8, 4) is 0 Å². The van der Waals surface area contributed by atoms with Crippen molar-refractivity contribution in [2.75, 3.05) is 10.6 Å². The van der Waals surface area contributed by atoms with Crippen LogP contribution in [0.1, 0.15) is 25.8 Å². The van der Waals surface area contributed by atoms with Crippen LogP contribution in [0.4, 0.5) is 24.5 Å². The summed E-state index contributed by atoms with van der Waals surface area (Å²) >= 11 is 4.29. The molecule has 2 amide bonds. The number of benzene rings is 1. The molecule has 140 valence electrons. The molecule has 2 N–H and O–H groups in total. The molecule has 0 saturated carbocycles. The lowest BCUT2D eigenvalue weighted by Crippen LogP contribution is -2.17. The number of hydrogen-bond donors (Lipinski definition) is 2. The van der Waals surface area contributed by atoms with Crippen molar-refractivity contribution in [2.24, 2.45) is 0 Å². The van der Waals surface area contributed by atoms with E-state index in [9.17, 15) is 22.8 Å². The number of furan rings is 1. The summed E-state index contributed by atoms with van der Waals surface area (Å²) in [4.78, 5) is 24.3. The van der Waals surface area contributed by atoms with Crippen LogP contribution in [-0.4, -0.2) is 11.8 Å². The van der Waals surface area contributed by atoms with Gasteiger partial charge in [0.15, 0.2) is 5.76 Å². The molecule has 2 aromatic heterocycles. The molecule has 10 heteroatoms. The third-order valence-electron chi connectivity index (χ3n) is 3.37. The second-order valence-corrected chi connectivity index (χ2v) is 7.71. The van der Waals surface area contributed by atoms with Crippen molar-refractivity contribution in [2.45, 2.75) is 6.18 Å². The van der Waals surface area contributed by atoms with Crippen LogP contribution in [0.3, 0.4) is 0 Å². The normalized spacial score (nSPS) is 11.3. The zero-order valence-corrected chi connectivity index (χ0v) is 15.7. The summed E-state index contributed by atoms with van der Waals surface area (Å²) in [5, 5.41) is 4.58. The second kappa shape index (κ2) is 7.57. The van der Waals surface area contributed by atoms with Crippen LogP contribution >= 0.6 is 27.3 Å². The van der Waals surface area contributed by atoms with Gasteiger partial charge in [-0.1, -0.05) is 0 Å². The first-order valence-corrected chi connectivity index (χ1v) is 8.98. The molecule has 0 aliphatic carbocycles. The molecule has 0 atom stereocenters. The van der Waals surface area contributed by atoms with Gasteiger partial charge in [-0.15, -0.1) is 11.3 Å². The monoisotopic (exact) mass is 458 g/mol. The predicted molar refractivity (Wildman–Crippen MR) is 98.1 cm³/mol. The maximum absolute atomic E-state index is 13.4. The van der Waals surface area contributed by atoms with E-state index >= 15 is 0 Å². The molecular formula is C17H10BrF3N2O3S.